The smallest absolute Gasteiger partial charge is 0.239 e. The van der Waals surface area contributed by atoms with Crippen molar-refractivity contribution in [2.24, 2.45) is 0 Å². The Bertz CT molecular complexity index is 401. The van der Waals surface area contributed by atoms with Gasteiger partial charge in [-0.1, -0.05) is 11.6 Å². The van der Waals surface area contributed by atoms with Gasteiger partial charge in [-0.2, -0.15) is 0 Å². The van der Waals surface area contributed by atoms with Crippen molar-refractivity contribution in [2.75, 3.05) is 13.1 Å². The van der Waals surface area contributed by atoms with E-state index in [4.69, 9.17) is 11.6 Å². The number of hydrogen-bond acceptors (Lipinski definition) is 3. The number of halogens is 1. The summed E-state index contributed by atoms with van der Waals surface area (Å²) >= 11 is 7.49. The summed E-state index contributed by atoms with van der Waals surface area (Å²) in [5.74, 6) is 0.220. The number of thiophene rings is 1. The molecular formula is C13H19ClN2OS. The number of amides is 1. The van der Waals surface area contributed by atoms with Crippen LogP contribution in [0.2, 0.25) is 5.02 Å². The van der Waals surface area contributed by atoms with Crippen molar-refractivity contribution >= 4 is 28.8 Å². The van der Waals surface area contributed by atoms with Gasteiger partial charge in [-0.05, 0) is 32.3 Å². The summed E-state index contributed by atoms with van der Waals surface area (Å²) in [6.45, 7) is 4.47. The van der Waals surface area contributed by atoms with Crippen LogP contribution >= 0.6 is 22.9 Å². The van der Waals surface area contributed by atoms with Crippen molar-refractivity contribution in [3.63, 3.8) is 0 Å². The maximum absolute atomic E-state index is 12.2. The van der Waals surface area contributed by atoms with Crippen LogP contribution in [0.3, 0.4) is 0 Å². The highest BCUT2D eigenvalue weighted by molar-refractivity contribution is 7.10. The van der Waals surface area contributed by atoms with E-state index in [9.17, 15) is 4.79 Å². The predicted molar refractivity (Wildman–Crippen MR) is 76.1 cm³/mol. The van der Waals surface area contributed by atoms with Gasteiger partial charge in [0.15, 0.2) is 0 Å². The highest BCUT2D eigenvalue weighted by atomic mass is 35.5. The van der Waals surface area contributed by atoms with E-state index >= 15 is 0 Å². The maximum Gasteiger partial charge on any atom is 0.239 e. The number of nitrogens with zero attached hydrogens (tertiary/aromatic N) is 1. The number of carbonyl (C=O) groups excluding carboxylic acids is 1. The van der Waals surface area contributed by atoms with Crippen molar-refractivity contribution in [2.45, 2.75) is 38.8 Å². The summed E-state index contributed by atoms with van der Waals surface area (Å²) in [7, 11) is 0. The molecule has 1 aromatic rings. The highest BCUT2D eigenvalue weighted by Crippen LogP contribution is 2.19. The van der Waals surface area contributed by atoms with E-state index < -0.39 is 0 Å². The summed E-state index contributed by atoms with van der Waals surface area (Å²) in [5, 5.41) is 5.95. The minimum atomic E-state index is -0.121. The van der Waals surface area contributed by atoms with Gasteiger partial charge in [0.05, 0.1) is 11.1 Å². The molecule has 1 atom stereocenters. The van der Waals surface area contributed by atoms with Crippen LogP contribution in [0.1, 0.15) is 31.1 Å². The van der Waals surface area contributed by atoms with Gasteiger partial charge in [0.25, 0.3) is 0 Å². The van der Waals surface area contributed by atoms with E-state index in [2.05, 4.69) is 5.32 Å². The first kappa shape index (κ1) is 13.8. The van der Waals surface area contributed by atoms with Gasteiger partial charge < -0.3 is 10.2 Å². The lowest BCUT2D eigenvalue weighted by Crippen LogP contribution is -2.46. The molecular weight excluding hydrogens is 268 g/mol. The van der Waals surface area contributed by atoms with Gasteiger partial charge in [-0.15, -0.1) is 11.3 Å². The fraction of sp³-hybridized carbons (Fsp3) is 0.615. The minimum Gasteiger partial charge on any atom is -0.341 e. The molecule has 1 aliphatic heterocycles. The molecule has 100 valence electrons. The van der Waals surface area contributed by atoms with Crippen LogP contribution in [0, 0.1) is 0 Å². The van der Waals surface area contributed by atoms with Crippen LogP contribution < -0.4 is 5.32 Å². The summed E-state index contributed by atoms with van der Waals surface area (Å²) in [5.41, 5.74) is 0. The minimum absolute atomic E-state index is 0.121. The number of nitrogens with one attached hydrogen (secondary N) is 1. The molecule has 1 saturated heterocycles. The first-order valence-corrected chi connectivity index (χ1v) is 7.67. The van der Waals surface area contributed by atoms with Gasteiger partial charge in [0.1, 0.15) is 0 Å². The Morgan fingerprint density at radius 2 is 2.22 bits per heavy atom. The van der Waals surface area contributed by atoms with Crippen LogP contribution in [0.5, 0.6) is 0 Å². The predicted octanol–water partition coefficient (Wildman–Crippen LogP) is 2.89. The molecule has 2 rings (SSSR count). The second-order valence-corrected chi connectivity index (χ2v) is 6.15. The van der Waals surface area contributed by atoms with E-state index in [1.54, 1.807) is 11.3 Å². The zero-order valence-corrected chi connectivity index (χ0v) is 12.2. The largest absolute Gasteiger partial charge is 0.341 e. The third kappa shape index (κ3) is 3.70. The van der Waals surface area contributed by atoms with E-state index in [1.165, 1.54) is 11.3 Å². The lowest BCUT2D eigenvalue weighted by molar-refractivity contribution is -0.133. The molecule has 0 radical (unpaired) electrons. The second-order valence-electron chi connectivity index (χ2n) is 4.72. The molecule has 1 aromatic heterocycles. The topological polar surface area (TPSA) is 32.3 Å². The third-order valence-electron chi connectivity index (χ3n) is 3.24. The number of carbonyl (C=O) groups is 1. The first-order chi connectivity index (χ1) is 8.66. The molecule has 1 unspecified atom stereocenters. The maximum atomic E-state index is 12.2. The monoisotopic (exact) mass is 286 g/mol. The van der Waals surface area contributed by atoms with Crippen LogP contribution in [-0.2, 0) is 11.3 Å². The molecule has 1 amide bonds. The molecule has 5 heteroatoms. The van der Waals surface area contributed by atoms with Gasteiger partial charge in [0.2, 0.25) is 5.91 Å². The van der Waals surface area contributed by atoms with E-state index in [-0.39, 0.29) is 11.9 Å². The molecule has 1 aliphatic rings. The summed E-state index contributed by atoms with van der Waals surface area (Å²) in [6.07, 6.45) is 3.53. The summed E-state index contributed by atoms with van der Waals surface area (Å²) in [4.78, 5) is 15.3. The number of piperidine rings is 1. The standard InChI is InChI=1S/C13H19ClN2OS/c1-10(13(17)16-5-3-2-4-6-16)15-8-12-7-11(14)9-18-12/h7,9-10,15H,2-6,8H2,1H3. The van der Waals surface area contributed by atoms with Crippen molar-refractivity contribution in [1.29, 1.82) is 0 Å². The van der Waals surface area contributed by atoms with Crippen LogP contribution in [-0.4, -0.2) is 29.9 Å². The second kappa shape index (κ2) is 6.55. The van der Waals surface area contributed by atoms with Crippen LogP contribution in [0.15, 0.2) is 11.4 Å². The van der Waals surface area contributed by atoms with Crippen molar-refractivity contribution in [1.82, 2.24) is 10.2 Å². The highest BCUT2D eigenvalue weighted by Gasteiger charge is 2.21. The Hall–Kier alpha value is -0.580. The molecule has 0 spiro atoms. The van der Waals surface area contributed by atoms with E-state index in [1.807, 2.05) is 23.3 Å². The van der Waals surface area contributed by atoms with E-state index in [0.29, 0.717) is 6.54 Å². The molecule has 0 bridgehead atoms. The zero-order valence-electron chi connectivity index (χ0n) is 10.6. The van der Waals surface area contributed by atoms with Gasteiger partial charge in [-0.25, -0.2) is 0 Å². The molecule has 0 aromatic carbocycles. The lowest BCUT2D eigenvalue weighted by atomic mass is 10.1. The van der Waals surface area contributed by atoms with Crippen molar-refractivity contribution in [3.05, 3.63) is 21.3 Å². The zero-order chi connectivity index (χ0) is 13.0. The average molecular weight is 287 g/mol. The molecule has 0 aliphatic carbocycles. The SMILES string of the molecule is CC(NCc1cc(Cl)cs1)C(=O)N1CCCCC1. The van der Waals surface area contributed by atoms with Gasteiger partial charge in [-0.3, -0.25) is 4.79 Å². The Morgan fingerprint density at radius 3 is 2.83 bits per heavy atom. The van der Waals surface area contributed by atoms with Crippen molar-refractivity contribution < 1.29 is 4.79 Å². The number of hydrogen-bond donors (Lipinski definition) is 1. The Kier molecular flexibility index (Phi) is 5.03. The van der Waals surface area contributed by atoms with Crippen LogP contribution in [0.4, 0.5) is 0 Å². The summed E-state index contributed by atoms with van der Waals surface area (Å²) < 4.78 is 0. The molecule has 0 saturated carbocycles. The lowest BCUT2D eigenvalue weighted by Gasteiger charge is -2.29. The normalized spacial score (nSPS) is 17.8. The fourth-order valence-electron chi connectivity index (χ4n) is 2.18. The first-order valence-electron chi connectivity index (χ1n) is 6.42. The number of likely N-dealkylation sites (tertiary alicyclic amines) is 1. The summed E-state index contributed by atoms with van der Waals surface area (Å²) in [6, 6.07) is 1.82. The molecule has 2 heterocycles. The molecule has 1 N–H and O–H groups in total. The Balaban J connectivity index is 1.79. The molecule has 3 nitrogen and oxygen atoms in total. The van der Waals surface area contributed by atoms with E-state index in [0.717, 1.165) is 31.0 Å². The van der Waals surface area contributed by atoms with Crippen LogP contribution in [0.25, 0.3) is 0 Å². The quantitative estimate of drug-likeness (QED) is 0.923. The van der Waals surface area contributed by atoms with Gasteiger partial charge >= 0.3 is 0 Å². The average Bonchev–Trinajstić information content (AvgIpc) is 2.82. The molecule has 1 fully saturated rings. The fourth-order valence-corrected chi connectivity index (χ4v) is 3.20. The molecule has 18 heavy (non-hydrogen) atoms. The third-order valence-corrected chi connectivity index (χ3v) is 4.53. The Morgan fingerprint density at radius 1 is 1.50 bits per heavy atom. The Labute approximate surface area is 117 Å². The van der Waals surface area contributed by atoms with Gasteiger partial charge in [0, 0.05) is 29.9 Å². The van der Waals surface area contributed by atoms with Crippen molar-refractivity contribution in [3.8, 4) is 0 Å². The number of rotatable bonds is 4.